The van der Waals surface area contributed by atoms with E-state index >= 15 is 0 Å². The summed E-state index contributed by atoms with van der Waals surface area (Å²) >= 11 is 0. The molecule has 1 aromatic heterocycles. The van der Waals surface area contributed by atoms with Crippen LogP contribution in [0.25, 0.3) is 11.3 Å². The summed E-state index contributed by atoms with van der Waals surface area (Å²) < 4.78 is 23.8. The summed E-state index contributed by atoms with van der Waals surface area (Å²) in [6.07, 6.45) is 0.574. The van der Waals surface area contributed by atoms with Gasteiger partial charge >= 0.3 is 5.97 Å². The van der Waals surface area contributed by atoms with Gasteiger partial charge in [-0.1, -0.05) is 12.1 Å². The fourth-order valence-corrected chi connectivity index (χ4v) is 1.73. The Morgan fingerprint density at radius 3 is 2.82 bits per heavy atom. The van der Waals surface area contributed by atoms with E-state index in [1.54, 1.807) is 18.2 Å². The van der Waals surface area contributed by atoms with Gasteiger partial charge in [-0.15, -0.1) is 0 Å². The number of oxazole rings is 1. The highest BCUT2D eigenvalue weighted by Gasteiger charge is 2.16. The summed E-state index contributed by atoms with van der Waals surface area (Å²) in [5.41, 5.74) is 5.29. The van der Waals surface area contributed by atoms with E-state index in [1.807, 2.05) is 0 Å². The van der Waals surface area contributed by atoms with Crippen LogP contribution in [0.1, 0.15) is 19.2 Å². The summed E-state index contributed by atoms with van der Waals surface area (Å²) in [6.45, 7) is 1.39. The quantitative estimate of drug-likeness (QED) is 0.821. The number of hydrogen-bond donors (Lipinski definition) is 1. The van der Waals surface area contributed by atoms with Crippen LogP contribution in [0, 0.1) is 5.82 Å². The Morgan fingerprint density at radius 1 is 1.41 bits per heavy atom. The molecule has 0 saturated carbocycles. The van der Waals surface area contributed by atoms with Gasteiger partial charge in [-0.3, -0.25) is 9.59 Å². The van der Waals surface area contributed by atoms with E-state index in [2.05, 4.69) is 4.98 Å². The molecule has 2 aromatic rings. The fraction of sp³-hybridized carbons (Fsp3) is 0.267. The molecule has 0 aliphatic rings. The molecule has 0 aliphatic heterocycles. The third kappa shape index (κ3) is 3.91. The van der Waals surface area contributed by atoms with Gasteiger partial charge in [-0.05, 0) is 19.1 Å². The van der Waals surface area contributed by atoms with Crippen LogP contribution in [0.3, 0.4) is 0 Å². The number of benzene rings is 1. The monoisotopic (exact) mass is 306 g/mol. The third-order valence-corrected chi connectivity index (χ3v) is 2.94. The van der Waals surface area contributed by atoms with E-state index in [-0.39, 0.29) is 24.5 Å². The standard InChI is InChI=1S/C15H15FN2O4/c1-9(15(17)20)21-14(19)7-6-13-18-8-12(22-13)10-4-2-3-5-11(10)16/h2-5,8-9H,6-7H2,1H3,(H2,17,20). The van der Waals surface area contributed by atoms with Crippen molar-refractivity contribution in [1.29, 1.82) is 0 Å². The topological polar surface area (TPSA) is 95.4 Å². The number of carbonyl (C=O) groups is 2. The molecule has 0 fully saturated rings. The maximum absolute atomic E-state index is 13.6. The van der Waals surface area contributed by atoms with Crippen LogP contribution in [-0.4, -0.2) is 23.0 Å². The number of nitrogens with zero attached hydrogens (tertiary/aromatic N) is 1. The highest BCUT2D eigenvalue weighted by atomic mass is 19.1. The molecule has 0 spiro atoms. The number of amides is 1. The van der Waals surface area contributed by atoms with E-state index in [9.17, 15) is 14.0 Å². The van der Waals surface area contributed by atoms with E-state index in [0.29, 0.717) is 5.56 Å². The number of nitrogens with two attached hydrogens (primary N) is 1. The molecular weight excluding hydrogens is 291 g/mol. The molecule has 0 saturated heterocycles. The van der Waals surface area contributed by atoms with Crippen LogP contribution in [0.5, 0.6) is 0 Å². The van der Waals surface area contributed by atoms with Crippen LogP contribution < -0.4 is 5.73 Å². The van der Waals surface area contributed by atoms with Crippen LogP contribution in [0.15, 0.2) is 34.9 Å². The van der Waals surface area contributed by atoms with E-state index in [1.165, 1.54) is 19.2 Å². The molecule has 2 rings (SSSR count). The van der Waals surface area contributed by atoms with Crippen molar-refractivity contribution < 1.29 is 23.1 Å². The lowest BCUT2D eigenvalue weighted by Crippen LogP contribution is -2.30. The van der Waals surface area contributed by atoms with Crippen molar-refractivity contribution in [2.45, 2.75) is 25.9 Å². The second kappa shape index (κ2) is 6.84. The van der Waals surface area contributed by atoms with Crippen molar-refractivity contribution in [3.05, 3.63) is 42.2 Å². The zero-order valence-corrected chi connectivity index (χ0v) is 11.9. The van der Waals surface area contributed by atoms with Crippen LogP contribution in [-0.2, 0) is 20.7 Å². The van der Waals surface area contributed by atoms with Crippen molar-refractivity contribution in [3.63, 3.8) is 0 Å². The first-order valence-electron chi connectivity index (χ1n) is 6.65. The predicted octanol–water partition coefficient (Wildman–Crippen LogP) is 1.83. The highest BCUT2D eigenvalue weighted by Crippen LogP contribution is 2.23. The Morgan fingerprint density at radius 2 is 2.14 bits per heavy atom. The van der Waals surface area contributed by atoms with E-state index in [4.69, 9.17) is 14.9 Å². The fourth-order valence-electron chi connectivity index (χ4n) is 1.73. The van der Waals surface area contributed by atoms with Crippen molar-refractivity contribution in [2.24, 2.45) is 5.73 Å². The van der Waals surface area contributed by atoms with Crippen molar-refractivity contribution in [1.82, 2.24) is 4.98 Å². The summed E-state index contributed by atoms with van der Waals surface area (Å²) in [5.74, 6) is -1.16. The van der Waals surface area contributed by atoms with Gasteiger partial charge in [-0.25, -0.2) is 9.37 Å². The molecule has 1 unspecified atom stereocenters. The van der Waals surface area contributed by atoms with Crippen LogP contribution >= 0.6 is 0 Å². The first-order valence-corrected chi connectivity index (χ1v) is 6.65. The van der Waals surface area contributed by atoms with Gasteiger partial charge in [0.05, 0.1) is 18.2 Å². The molecule has 6 nitrogen and oxygen atoms in total. The van der Waals surface area contributed by atoms with Crippen molar-refractivity contribution in [2.75, 3.05) is 0 Å². The highest BCUT2D eigenvalue weighted by molar-refractivity contribution is 5.81. The number of primary amides is 1. The van der Waals surface area contributed by atoms with Crippen LogP contribution in [0.4, 0.5) is 4.39 Å². The maximum atomic E-state index is 13.6. The van der Waals surface area contributed by atoms with Crippen LogP contribution in [0.2, 0.25) is 0 Å². The molecule has 0 aliphatic carbocycles. The van der Waals surface area contributed by atoms with Gasteiger partial charge in [0.2, 0.25) is 0 Å². The van der Waals surface area contributed by atoms with Gasteiger partial charge in [0, 0.05) is 6.42 Å². The minimum atomic E-state index is -0.981. The number of hydrogen-bond acceptors (Lipinski definition) is 5. The molecule has 1 aromatic carbocycles. The Balaban J connectivity index is 1.94. The predicted molar refractivity (Wildman–Crippen MR) is 75.0 cm³/mol. The second-order valence-electron chi connectivity index (χ2n) is 4.63. The van der Waals surface area contributed by atoms with Gasteiger partial charge < -0.3 is 14.9 Å². The van der Waals surface area contributed by atoms with Gasteiger partial charge in [0.25, 0.3) is 5.91 Å². The average Bonchev–Trinajstić information content (AvgIpc) is 2.94. The molecule has 1 atom stereocenters. The average molecular weight is 306 g/mol. The first kappa shape index (κ1) is 15.7. The molecule has 1 heterocycles. The van der Waals surface area contributed by atoms with E-state index < -0.39 is 23.8 Å². The SMILES string of the molecule is CC(OC(=O)CCc1ncc(-c2ccccc2F)o1)C(N)=O. The molecule has 22 heavy (non-hydrogen) atoms. The number of ether oxygens (including phenoxy) is 1. The normalized spacial score (nSPS) is 11.9. The van der Waals surface area contributed by atoms with Gasteiger partial charge in [-0.2, -0.15) is 0 Å². The zero-order valence-electron chi connectivity index (χ0n) is 11.9. The number of aromatic nitrogens is 1. The maximum Gasteiger partial charge on any atom is 0.307 e. The molecule has 1 amide bonds. The zero-order chi connectivity index (χ0) is 16.1. The Labute approximate surface area is 126 Å². The molecule has 0 bridgehead atoms. The van der Waals surface area contributed by atoms with Gasteiger partial charge in [0.15, 0.2) is 17.8 Å². The summed E-state index contributed by atoms with van der Waals surface area (Å²) in [7, 11) is 0. The lowest BCUT2D eigenvalue weighted by Gasteiger charge is -2.08. The summed E-state index contributed by atoms with van der Waals surface area (Å²) in [6, 6.07) is 6.15. The number of halogens is 1. The molecular formula is C15H15FN2O4. The Hall–Kier alpha value is -2.70. The van der Waals surface area contributed by atoms with Crippen molar-refractivity contribution in [3.8, 4) is 11.3 Å². The number of esters is 1. The molecule has 0 radical (unpaired) electrons. The Bertz CT molecular complexity index is 684. The number of carbonyl (C=O) groups excluding carboxylic acids is 2. The smallest absolute Gasteiger partial charge is 0.307 e. The molecule has 2 N–H and O–H groups in total. The number of rotatable bonds is 6. The molecule has 7 heteroatoms. The third-order valence-electron chi connectivity index (χ3n) is 2.94. The minimum Gasteiger partial charge on any atom is -0.453 e. The second-order valence-corrected chi connectivity index (χ2v) is 4.63. The largest absolute Gasteiger partial charge is 0.453 e. The summed E-state index contributed by atoms with van der Waals surface area (Å²) in [5, 5.41) is 0. The van der Waals surface area contributed by atoms with Crippen molar-refractivity contribution >= 4 is 11.9 Å². The first-order chi connectivity index (χ1) is 10.5. The minimum absolute atomic E-state index is 0.0190. The van der Waals surface area contributed by atoms with Gasteiger partial charge in [0.1, 0.15) is 5.82 Å². The molecule has 116 valence electrons. The lowest BCUT2D eigenvalue weighted by atomic mass is 10.2. The van der Waals surface area contributed by atoms with E-state index in [0.717, 1.165) is 0 Å². The lowest BCUT2D eigenvalue weighted by molar-refractivity contribution is -0.153. The summed E-state index contributed by atoms with van der Waals surface area (Å²) in [4.78, 5) is 26.3. The Kier molecular flexibility index (Phi) is 4.88. The number of aryl methyl sites for hydroxylation is 1.